The van der Waals surface area contributed by atoms with Crippen LogP contribution in [0.1, 0.15) is 33.6 Å². The highest BCUT2D eigenvalue weighted by atomic mass is 16.7. The molecule has 0 aliphatic heterocycles. The van der Waals surface area contributed by atoms with Crippen LogP contribution in [0, 0.1) is 5.92 Å². The molecule has 13 heavy (non-hydrogen) atoms. The van der Waals surface area contributed by atoms with Crippen molar-refractivity contribution in [1.29, 1.82) is 0 Å². The summed E-state index contributed by atoms with van der Waals surface area (Å²) in [5.41, 5.74) is 0. The summed E-state index contributed by atoms with van der Waals surface area (Å²) in [5, 5.41) is 0. The van der Waals surface area contributed by atoms with Crippen LogP contribution in [0.2, 0.25) is 0 Å². The molecule has 0 rings (SSSR count). The largest absolute Gasteiger partial charge is 0.356 e. The number of aldehydes is 1. The first kappa shape index (κ1) is 15.1. The zero-order valence-electron chi connectivity index (χ0n) is 9.37. The maximum Gasteiger partial charge on any atom is 0.154 e. The molecule has 0 saturated carbocycles. The van der Waals surface area contributed by atoms with Crippen LogP contribution in [0.5, 0.6) is 0 Å². The summed E-state index contributed by atoms with van der Waals surface area (Å²) in [6.45, 7) is 5.89. The second-order valence-corrected chi connectivity index (χ2v) is 2.75. The molecule has 0 aromatic carbocycles. The summed E-state index contributed by atoms with van der Waals surface area (Å²) in [6, 6.07) is 0. The maximum atomic E-state index is 9.97. The van der Waals surface area contributed by atoms with Crippen molar-refractivity contribution < 1.29 is 14.3 Å². The van der Waals surface area contributed by atoms with Gasteiger partial charge in [0.1, 0.15) is 6.29 Å². The molecule has 0 aromatic rings. The monoisotopic (exact) mass is 190 g/mol. The van der Waals surface area contributed by atoms with E-state index < -0.39 is 0 Å². The second kappa shape index (κ2) is 11.6. The zero-order valence-corrected chi connectivity index (χ0v) is 9.37. The molecule has 0 radical (unpaired) electrons. The second-order valence-electron chi connectivity index (χ2n) is 2.75. The van der Waals surface area contributed by atoms with Crippen LogP contribution in [0.3, 0.4) is 0 Å². The van der Waals surface area contributed by atoms with Crippen LogP contribution in [0.4, 0.5) is 0 Å². The van der Waals surface area contributed by atoms with Crippen molar-refractivity contribution in [2.45, 2.75) is 39.9 Å². The molecule has 0 atom stereocenters. The molecular formula is C10H22O3. The Morgan fingerprint density at radius 2 is 1.54 bits per heavy atom. The molecule has 0 bridgehead atoms. The molecule has 0 aliphatic rings. The fourth-order valence-corrected chi connectivity index (χ4v) is 0.577. The van der Waals surface area contributed by atoms with Crippen LogP contribution >= 0.6 is 0 Å². The van der Waals surface area contributed by atoms with Gasteiger partial charge in [0, 0.05) is 20.1 Å². The number of hydrogen-bond donors (Lipinski definition) is 0. The number of carbonyl (C=O) groups excluding carboxylic acids is 1. The Morgan fingerprint density at radius 3 is 1.54 bits per heavy atom. The summed E-state index contributed by atoms with van der Waals surface area (Å²) in [7, 11) is 3.21. The maximum absolute atomic E-state index is 9.97. The quantitative estimate of drug-likeness (QED) is 0.492. The van der Waals surface area contributed by atoms with Crippen molar-refractivity contribution in [2.75, 3.05) is 14.2 Å². The molecule has 0 fully saturated rings. The van der Waals surface area contributed by atoms with E-state index in [1.54, 1.807) is 14.2 Å². The third-order valence-corrected chi connectivity index (χ3v) is 1.91. The third kappa shape index (κ3) is 11.6. The van der Waals surface area contributed by atoms with E-state index in [1.807, 2.05) is 20.8 Å². The van der Waals surface area contributed by atoms with Crippen LogP contribution in [-0.4, -0.2) is 26.8 Å². The van der Waals surface area contributed by atoms with Crippen LogP contribution in [-0.2, 0) is 14.3 Å². The molecule has 0 N–H and O–H groups in total. The van der Waals surface area contributed by atoms with Gasteiger partial charge in [-0.2, -0.15) is 0 Å². The average molecular weight is 190 g/mol. The van der Waals surface area contributed by atoms with Gasteiger partial charge in [0.2, 0.25) is 0 Å². The van der Waals surface area contributed by atoms with Gasteiger partial charge in [-0.1, -0.05) is 13.8 Å². The molecule has 0 amide bonds. The van der Waals surface area contributed by atoms with Gasteiger partial charge in [-0.15, -0.1) is 0 Å². The van der Waals surface area contributed by atoms with E-state index in [0.29, 0.717) is 5.92 Å². The van der Waals surface area contributed by atoms with Crippen molar-refractivity contribution in [3.05, 3.63) is 0 Å². The summed E-state index contributed by atoms with van der Waals surface area (Å²) >= 11 is 0. The van der Waals surface area contributed by atoms with E-state index in [4.69, 9.17) is 0 Å². The Morgan fingerprint density at radius 1 is 1.15 bits per heavy atom. The third-order valence-electron chi connectivity index (χ3n) is 1.91. The van der Waals surface area contributed by atoms with Gasteiger partial charge < -0.3 is 14.3 Å². The predicted molar refractivity (Wildman–Crippen MR) is 53.6 cm³/mol. The fourth-order valence-electron chi connectivity index (χ4n) is 0.577. The molecule has 3 nitrogen and oxygen atoms in total. The topological polar surface area (TPSA) is 35.5 Å². The minimum Gasteiger partial charge on any atom is -0.356 e. The van der Waals surface area contributed by atoms with Crippen molar-refractivity contribution in [3.8, 4) is 0 Å². The molecule has 0 aliphatic carbocycles. The lowest BCUT2D eigenvalue weighted by molar-refractivity contribution is -0.111. The van der Waals surface area contributed by atoms with Crippen LogP contribution in [0.15, 0.2) is 0 Å². The van der Waals surface area contributed by atoms with Gasteiger partial charge >= 0.3 is 0 Å². The zero-order chi connectivity index (χ0) is 10.7. The molecule has 0 unspecified atom stereocenters. The van der Waals surface area contributed by atoms with E-state index in [0.717, 1.165) is 19.1 Å². The highest BCUT2D eigenvalue weighted by Gasteiger charge is 1.96. The van der Waals surface area contributed by atoms with E-state index in [-0.39, 0.29) is 6.29 Å². The minimum absolute atomic E-state index is 0.0648. The fraction of sp³-hybridized carbons (Fsp3) is 0.900. The van der Waals surface area contributed by atoms with E-state index in [9.17, 15) is 4.79 Å². The first-order chi connectivity index (χ1) is 6.15. The molecule has 0 heterocycles. The lowest BCUT2D eigenvalue weighted by Crippen LogP contribution is -2.05. The summed E-state index contributed by atoms with van der Waals surface area (Å²) < 4.78 is 9.35. The predicted octanol–water partition coefficient (Wildman–Crippen LogP) is 2.25. The highest BCUT2D eigenvalue weighted by molar-refractivity contribution is 5.52. The van der Waals surface area contributed by atoms with Gasteiger partial charge in [0.05, 0.1) is 0 Å². The Hall–Kier alpha value is -0.410. The molecule has 80 valence electrons. The Labute approximate surface area is 81.4 Å². The first-order valence-electron chi connectivity index (χ1n) is 4.66. The lowest BCUT2D eigenvalue weighted by atomic mass is 10.1. The van der Waals surface area contributed by atoms with Gasteiger partial charge in [0.15, 0.2) is 6.29 Å². The highest BCUT2D eigenvalue weighted by Crippen LogP contribution is 2.01. The van der Waals surface area contributed by atoms with Crippen molar-refractivity contribution in [1.82, 2.24) is 0 Å². The molecule has 0 spiro atoms. The number of hydrogen-bond acceptors (Lipinski definition) is 3. The minimum atomic E-state index is -0.0648. The Kier molecular flexibility index (Phi) is 13.4. The molecule has 0 saturated heterocycles. The number of methoxy groups -OCH3 is 2. The van der Waals surface area contributed by atoms with E-state index in [1.165, 1.54) is 0 Å². The van der Waals surface area contributed by atoms with E-state index >= 15 is 0 Å². The van der Waals surface area contributed by atoms with Gasteiger partial charge in [-0.25, -0.2) is 0 Å². The molecule has 0 aromatic heterocycles. The lowest BCUT2D eigenvalue weighted by Gasteiger charge is -2.03. The first-order valence-corrected chi connectivity index (χ1v) is 4.66. The standard InChI is InChI=1S/C6H12O.C4H10O2/c1-3-6(4-2)5-7;1-4(5-2)6-3/h5-6H,3-4H2,1-2H3;4H,1-3H3. The number of carbonyl (C=O) groups is 1. The Balaban J connectivity index is 0. The average Bonchev–Trinajstić information content (AvgIpc) is 2.20. The Bertz CT molecular complexity index is 96.3. The van der Waals surface area contributed by atoms with Crippen molar-refractivity contribution >= 4 is 6.29 Å². The van der Waals surface area contributed by atoms with Gasteiger partial charge in [-0.3, -0.25) is 0 Å². The van der Waals surface area contributed by atoms with Crippen LogP contribution in [0.25, 0.3) is 0 Å². The van der Waals surface area contributed by atoms with E-state index in [2.05, 4.69) is 9.47 Å². The summed E-state index contributed by atoms with van der Waals surface area (Å²) in [6.07, 6.45) is 2.94. The molecular weight excluding hydrogens is 168 g/mol. The number of ether oxygens (including phenoxy) is 2. The summed E-state index contributed by atoms with van der Waals surface area (Å²) in [4.78, 5) is 9.97. The summed E-state index contributed by atoms with van der Waals surface area (Å²) in [5.74, 6) is 0.306. The van der Waals surface area contributed by atoms with Crippen molar-refractivity contribution in [2.24, 2.45) is 5.92 Å². The smallest absolute Gasteiger partial charge is 0.154 e. The SMILES string of the molecule is CCC(C=O)CC.COC(C)OC. The van der Waals surface area contributed by atoms with Gasteiger partial charge in [0.25, 0.3) is 0 Å². The normalized spacial score (nSPS) is 9.77. The molecule has 3 heteroatoms. The van der Waals surface area contributed by atoms with Crippen molar-refractivity contribution in [3.63, 3.8) is 0 Å². The van der Waals surface area contributed by atoms with Gasteiger partial charge in [-0.05, 0) is 19.8 Å². The van der Waals surface area contributed by atoms with Crippen LogP contribution < -0.4 is 0 Å². The number of rotatable bonds is 5.